The maximum atomic E-state index is 11.8. The average molecular weight is 275 g/mol. The van der Waals surface area contributed by atoms with Crippen LogP contribution in [0.3, 0.4) is 0 Å². The second-order valence-corrected chi connectivity index (χ2v) is 4.66. The molecule has 2 heterocycles. The van der Waals surface area contributed by atoms with Crippen molar-refractivity contribution >= 4 is 6.09 Å². The van der Waals surface area contributed by atoms with E-state index in [-0.39, 0.29) is 25.5 Å². The summed E-state index contributed by atoms with van der Waals surface area (Å²) in [7, 11) is 0. The third-order valence-corrected chi connectivity index (χ3v) is 3.13. The molecule has 1 fully saturated rings. The van der Waals surface area contributed by atoms with Gasteiger partial charge in [-0.25, -0.2) is 4.79 Å². The van der Waals surface area contributed by atoms with Crippen molar-refractivity contribution in [2.45, 2.75) is 12.2 Å². The van der Waals surface area contributed by atoms with E-state index >= 15 is 0 Å². The van der Waals surface area contributed by atoms with Crippen LogP contribution in [0.4, 0.5) is 4.79 Å². The Balaban J connectivity index is 1.51. The Morgan fingerprint density at radius 3 is 2.80 bits per heavy atom. The van der Waals surface area contributed by atoms with E-state index in [1.165, 1.54) is 4.90 Å². The topological polar surface area (TPSA) is 104 Å². The summed E-state index contributed by atoms with van der Waals surface area (Å²) in [6.07, 6.45) is -0.470. The molecule has 0 atom stereocenters. The molecule has 0 aliphatic carbocycles. The van der Waals surface area contributed by atoms with Crippen molar-refractivity contribution in [1.29, 1.82) is 0 Å². The second-order valence-electron chi connectivity index (χ2n) is 4.66. The van der Waals surface area contributed by atoms with E-state index in [1.807, 2.05) is 30.3 Å². The van der Waals surface area contributed by atoms with Crippen molar-refractivity contribution in [2.75, 3.05) is 13.1 Å². The molecule has 1 aliphatic heterocycles. The first kappa shape index (κ1) is 12.5. The summed E-state index contributed by atoms with van der Waals surface area (Å²) in [5, 5.41) is 23.2. The first-order chi connectivity index (χ1) is 9.67. The van der Waals surface area contributed by atoms with Crippen molar-refractivity contribution in [3.05, 3.63) is 41.7 Å². The number of amides is 1. The van der Waals surface area contributed by atoms with Gasteiger partial charge in [-0.15, -0.1) is 10.2 Å². The van der Waals surface area contributed by atoms with Gasteiger partial charge in [0, 0.05) is 0 Å². The molecule has 0 unspecified atom stereocenters. The number of hydrogen-bond acceptors (Lipinski definition) is 6. The molecule has 0 radical (unpaired) electrons. The highest BCUT2D eigenvalue weighted by atomic mass is 16.6. The lowest BCUT2D eigenvalue weighted by molar-refractivity contribution is -0.101. The number of likely N-dealkylation sites (tertiary alicyclic amines) is 1. The van der Waals surface area contributed by atoms with Gasteiger partial charge in [0.2, 0.25) is 5.82 Å². The zero-order chi connectivity index (χ0) is 14.0. The van der Waals surface area contributed by atoms with Crippen molar-refractivity contribution in [1.82, 2.24) is 25.5 Å². The predicted molar refractivity (Wildman–Crippen MR) is 66.3 cm³/mol. The molecule has 2 aromatic rings. The molecule has 1 amide bonds. The highest BCUT2D eigenvalue weighted by Gasteiger charge is 2.49. The number of ether oxygens (including phenoxy) is 1. The molecule has 1 aromatic heterocycles. The van der Waals surface area contributed by atoms with Gasteiger partial charge >= 0.3 is 6.09 Å². The molecule has 104 valence electrons. The normalized spacial score (nSPS) is 16.6. The molecule has 0 saturated carbocycles. The molecule has 8 nitrogen and oxygen atoms in total. The maximum Gasteiger partial charge on any atom is 0.410 e. The van der Waals surface area contributed by atoms with E-state index in [4.69, 9.17) is 4.74 Å². The summed E-state index contributed by atoms with van der Waals surface area (Å²) in [5.41, 5.74) is -0.325. The molecular formula is C12H13N5O3. The number of aromatic amines is 1. The van der Waals surface area contributed by atoms with E-state index in [0.29, 0.717) is 0 Å². The summed E-state index contributed by atoms with van der Waals surface area (Å²) in [4.78, 5) is 13.2. The van der Waals surface area contributed by atoms with Gasteiger partial charge in [-0.3, -0.25) is 0 Å². The third kappa shape index (κ3) is 2.32. The van der Waals surface area contributed by atoms with Gasteiger partial charge in [-0.2, -0.15) is 5.21 Å². The first-order valence-electron chi connectivity index (χ1n) is 6.09. The highest BCUT2D eigenvalue weighted by molar-refractivity contribution is 5.69. The van der Waals surface area contributed by atoms with Crippen LogP contribution in [0.2, 0.25) is 0 Å². The van der Waals surface area contributed by atoms with Crippen LogP contribution in [0.5, 0.6) is 0 Å². The summed E-state index contributed by atoms with van der Waals surface area (Å²) in [6.45, 7) is 0.400. The zero-order valence-corrected chi connectivity index (χ0v) is 10.6. The number of carbonyl (C=O) groups is 1. The van der Waals surface area contributed by atoms with Crippen LogP contribution >= 0.6 is 0 Å². The third-order valence-electron chi connectivity index (χ3n) is 3.13. The SMILES string of the molecule is O=C(OCc1ccccc1)N1CC(O)(c2nn[nH]n2)C1. The number of benzene rings is 1. The van der Waals surface area contributed by atoms with Crippen molar-refractivity contribution in [3.63, 3.8) is 0 Å². The quantitative estimate of drug-likeness (QED) is 0.819. The molecule has 1 aromatic carbocycles. The van der Waals surface area contributed by atoms with Crippen LogP contribution in [0.1, 0.15) is 11.4 Å². The Morgan fingerprint density at radius 1 is 1.40 bits per heavy atom. The standard InChI is InChI=1S/C12H13N5O3/c18-11(20-6-9-4-2-1-3-5-9)17-7-12(19,8-17)10-13-15-16-14-10/h1-5,19H,6-8H2,(H,13,14,15,16). The summed E-state index contributed by atoms with van der Waals surface area (Å²) >= 11 is 0. The summed E-state index contributed by atoms with van der Waals surface area (Å²) in [5.74, 6) is 0.185. The van der Waals surface area contributed by atoms with Gasteiger partial charge in [0.15, 0.2) is 5.60 Å². The lowest BCUT2D eigenvalue weighted by Gasteiger charge is -2.43. The average Bonchev–Trinajstić information content (AvgIpc) is 2.97. The van der Waals surface area contributed by atoms with Gasteiger partial charge < -0.3 is 14.7 Å². The minimum absolute atomic E-state index is 0.0974. The van der Waals surface area contributed by atoms with Crippen LogP contribution in [0.25, 0.3) is 0 Å². The van der Waals surface area contributed by atoms with Gasteiger partial charge in [0.25, 0.3) is 0 Å². The zero-order valence-electron chi connectivity index (χ0n) is 10.6. The van der Waals surface area contributed by atoms with Crippen molar-refractivity contribution in [3.8, 4) is 0 Å². The van der Waals surface area contributed by atoms with Crippen LogP contribution in [-0.4, -0.2) is 49.8 Å². The fourth-order valence-electron chi connectivity index (χ4n) is 2.03. The van der Waals surface area contributed by atoms with Gasteiger partial charge in [0.1, 0.15) is 6.61 Å². The van der Waals surface area contributed by atoms with Crippen LogP contribution in [-0.2, 0) is 16.9 Å². The Labute approximate surface area is 114 Å². The van der Waals surface area contributed by atoms with Crippen LogP contribution < -0.4 is 0 Å². The lowest BCUT2D eigenvalue weighted by Crippen LogP contribution is -2.61. The molecule has 20 heavy (non-hydrogen) atoms. The number of nitrogens with one attached hydrogen (secondary N) is 1. The first-order valence-corrected chi connectivity index (χ1v) is 6.09. The molecule has 0 bridgehead atoms. The Hall–Kier alpha value is -2.48. The number of β-amino-alcohol motifs (C(OH)–C–C–N with tert-alkyl or cyclic N) is 1. The largest absolute Gasteiger partial charge is 0.445 e. The van der Waals surface area contributed by atoms with Gasteiger partial charge in [-0.1, -0.05) is 35.5 Å². The number of H-pyrrole nitrogens is 1. The number of carbonyl (C=O) groups excluding carboxylic acids is 1. The summed E-state index contributed by atoms with van der Waals surface area (Å²) < 4.78 is 5.15. The second kappa shape index (κ2) is 4.89. The molecule has 8 heteroatoms. The van der Waals surface area contributed by atoms with Crippen molar-refractivity contribution < 1.29 is 14.6 Å². The van der Waals surface area contributed by atoms with E-state index in [9.17, 15) is 9.90 Å². The number of aliphatic hydroxyl groups is 1. The number of rotatable bonds is 3. The van der Waals surface area contributed by atoms with E-state index < -0.39 is 11.7 Å². The molecule has 1 aliphatic rings. The number of aromatic nitrogens is 4. The van der Waals surface area contributed by atoms with Gasteiger partial charge in [0.05, 0.1) is 13.1 Å². The minimum Gasteiger partial charge on any atom is -0.445 e. The molecule has 2 N–H and O–H groups in total. The smallest absolute Gasteiger partial charge is 0.410 e. The van der Waals surface area contributed by atoms with Crippen molar-refractivity contribution in [2.24, 2.45) is 0 Å². The Kier molecular flexibility index (Phi) is 3.07. The van der Waals surface area contributed by atoms with E-state index in [1.54, 1.807) is 0 Å². The Bertz CT molecular complexity index is 580. The summed E-state index contributed by atoms with van der Waals surface area (Å²) in [6, 6.07) is 9.40. The fourth-order valence-corrected chi connectivity index (χ4v) is 2.03. The highest BCUT2D eigenvalue weighted by Crippen LogP contribution is 2.29. The number of hydrogen-bond donors (Lipinski definition) is 2. The van der Waals surface area contributed by atoms with Crippen LogP contribution in [0.15, 0.2) is 30.3 Å². The van der Waals surface area contributed by atoms with Gasteiger partial charge in [-0.05, 0) is 5.56 Å². The van der Waals surface area contributed by atoms with E-state index in [0.717, 1.165) is 5.56 Å². The minimum atomic E-state index is -1.24. The predicted octanol–water partition coefficient (Wildman–Crippen LogP) is 0.0397. The molecule has 1 saturated heterocycles. The number of tetrazole rings is 1. The fraction of sp³-hybridized carbons (Fsp3) is 0.333. The van der Waals surface area contributed by atoms with E-state index in [2.05, 4.69) is 20.6 Å². The lowest BCUT2D eigenvalue weighted by atomic mass is 9.94. The van der Waals surface area contributed by atoms with Crippen LogP contribution in [0, 0.1) is 0 Å². The molecule has 3 rings (SSSR count). The monoisotopic (exact) mass is 275 g/mol. The molecule has 0 spiro atoms. The number of nitrogens with zero attached hydrogens (tertiary/aromatic N) is 4. The Morgan fingerprint density at radius 2 is 2.15 bits per heavy atom. The molecular weight excluding hydrogens is 262 g/mol. The maximum absolute atomic E-state index is 11.8.